The molecule has 0 bridgehead atoms. The Morgan fingerprint density at radius 3 is 2.57 bits per heavy atom. The van der Waals surface area contributed by atoms with Crippen LogP contribution in [0.5, 0.6) is 0 Å². The van der Waals surface area contributed by atoms with Crippen molar-refractivity contribution in [2.75, 3.05) is 37.7 Å². The lowest BCUT2D eigenvalue weighted by molar-refractivity contribution is -0.128. The van der Waals surface area contributed by atoms with Crippen molar-refractivity contribution < 1.29 is 14.1 Å². The Morgan fingerprint density at radius 2 is 1.89 bits per heavy atom. The first kappa shape index (κ1) is 18.9. The molecule has 0 radical (unpaired) electrons. The number of rotatable bonds is 3. The molecule has 2 aliphatic rings. The SMILES string of the molecule is Cc1cc(C)nc(N2CCOCC3(CC(=O)N(Cc4c(C)noc4C)C3)C2)n1. The van der Waals surface area contributed by atoms with Gasteiger partial charge in [-0.2, -0.15) is 0 Å². The maximum Gasteiger partial charge on any atom is 0.225 e. The third-order valence-electron chi connectivity index (χ3n) is 5.63. The van der Waals surface area contributed by atoms with E-state index in [1.54, 1.807) is 0 Å². The Labute approximate surface area is 164 Å². The highest BCUT2D eigenvalue weighted by molar-refractivity contribution is 5.79. The van der Waals surface area contributed by atoms with Gasteiger partial charge in [-0.3, -0.25) is 4.79 Å². The number of likely N-dealkylation sites (tertiary alicyclic amines) is 1. The zero-order valence-corrected chi connectivity index (χ0v) is 17.0. The molecular weight excluding hydrogens is 358 g/mol. The van der Waals surface area contributed by atoms with Crippen molar-refractivity contribution in [3.8, 4) is 0 Å². The number of hydrogen-bond donors (Lipinski definition) is 0. The van der Waals surface area contributed by atoms with Gasteiger partial charge < -0.3 is 19.1 Å². The Balaban J connectivity index is 1.55. The molecule has 8 nitrogen and oxygen atoms in total. The zero-order chi connectivity index (χ0) is 19.9. The van der Waals surface area contributed by atoms with Crippen LogP contribution in [-0.4, -0.2) is 58.8 Å². The molecule has 1 atom stereocenters. The number of carbonyl (C=O) groups is 1. The van der Waals surface area contributed by atoms with Gasteiger partial charge in [0.1, 0.15) is 5.76 Å². The van der Waals surface area contributed by atoms with Gasteiger partial charge in [-0.15, -0.1) is 0 Å². The summed E-state index contributed by atoms with van der Waals surface area (Å²) in [6, 6.07) is 1.97. The van der Waals surface area contributed by atoms with Crippen LogP contribution >= 0.6 is 0 Å². The maximum atomic E-state index is 12.8. The molecule has 2 aromatic heterocycles. The van der Waals surface area contributed by atoms with Crippen molar-refractivity contribution >= 4 is 11.9 Å². The number of aromatic nitrogens is 3. The van der Waals surface area contributed by atoms with E-state index in [-0.39, 0.29) is 11.3 Å². The molecule has 2 aromatic rings. The molecule has 2 fully saturated rings. The summed E-state index contributed by atoms with van der Waals surface area (Å²) < 4.78 is 11.2. The van der Waals surface area contributed by atoms with Crippen LogP contribution in [0.4, 0.5) is 5.95 Å². The van der Waals surface area contributed by atoms with Crippen molar-refractivity contribution in [2.24, 2.45) is 5.41 Å². The first-order valence-electron chi connectivity index (χ1n) is 9.70. The summed E-state index contributed by atoms with van der Waals surface area (Å²) >= 11 is 0. The van der Waals surface area contributed by atoms with Crippen LogP contribution in [0.2, 0.25) is 0 Å². The van der Waals surface area contributed by atoms with E-state index in [4.69, 9.17) is 9.26 Å². The zero-order valence-electron chi connectivity index (χ0n) is 17.0. The van der Waals surface area contributed by atoms with E-state index >= 15 is 0 Å². The van der Waals surface area contributed by atoms with Gasteiger partial charge in [-0.25, -0.2) is 9.97 Å². The number of nitrogens with zero attached hydrogens (tertiary/aromatic N) is 5. The first-order valence-corrected chi connectivity index (χ1v) is 9.70. The normalized spacial score (nSPS) is 22.9. The smallest absolute Gasteiger partial charge is 0.225 e. The van der Waals surface area contributed by atoms with Gasteiger partial charge in [-0.1, -0.05) is 5.16 Å². The van der Waals surface area contributed by atoms with Crippen LogP contribution in [0.3, 0.4) is 0 Å². The monoisotopic (exact) mass is 385 g/mol. The molecule has 2 saturated heterocycles. The van der Waals surface area contributed by atoms with Crippen molar-refractivity contribution in [1.29, 1.82) is 0 Å². The number of amides is 1. The Morgan fingerprint density at radius 1 is 1.14 bits per heavy atom. The average Bonchev–Trinajstić information content (AvgIpc) is 3.01. The Bertz CT molecular complexity index is 856. The lowest BCUT2D eigenvalue weighted by atomic mass is 9.87. The Kier molecular flexibility index (Phi) is 4.82. The summed E-state index contributed by atoms with van der Waals surface area (Å²) in [5.41, 5.74) is 3.48. The van der Waals surface area contributed by atoms with Crippen molar-refractivity contribution in [2.45, 2.75) is 40.7 Å². The van der Waals surface area contributed by atoms with Crippen LogP contribution in [0.25, 0.3) is 0 Å². The molecule has 0 saturated carbocycles. The van der Waals surface area contributed by atoms with E-state index in [0.717, 1.165) is 40.9 Å². The van der Waals surface area contributed by atoms with Gasteiger partial charge in [0.2, 0.25) is 11.9 Å². The minimum Gasteiger partial charge on any atom is -0.379 e. The van der Waals surface area contributed by atoms with E-state index in [0.29, 0.717) is 39.3 Å². The molecule has 0 aliphatic carbocycles. The quantitative estimate of drug-likeness (QED) is 0.798. The third-order valence-corrected chi connectivity index (χ3v) is 5.63. The van der Waals surface area contributed by atoms with Crippen molar-refractivity contribution in [3.63, 3.8) is 0 Å². The lowest BCUT2D eigenvalue weighted by Gasteiger charge is -2.31. The summed E-state index contributed by atoms with van der Waals surface area (Å²) in [6.45, 7) is 11.5. The highest BCUT2D eigenvalue weighted by Gasteiger charge is 2.46. The number of hydrogen-bond acceptors (Lipinski definition) is 7. The molecule has 1 unspecified atom stereocenters. The van der Waals surface area contributed by atoms with Crippen molar-refractivity contribution in [3.05, 3.63) is 34.5 Å². The highest BCUT2D eigenvalue weighted by Crippen LogP contribution is 2.36. The van der Waals surface area contributed by atoms with Gasteiger partial charge in [0, 0.05) is 48.4 Å². The predicted octanol–water partition coefficient (Wildman–Crippen LogP) is 1.95. The molecule has 4 heterocycles. The highest BCUT2D eigenvalue weighted by atomic mass is 16.5. The van der Waals surface area contributed by atoms with E-state index < -0.39 is 0 Å². The fraction of sp³-hybridized carbons (Fsp3) is 0.600. The van der Waals surface area contributed by atoms with Gasteiger partial charge in [0.25, 0.3) is 0 Å². The molecule has 2 aliphatic heterocycles. The number of ether oxygens (including phenoxy) is 1. The predicted molar refractivity (Wildman–Crippen MR) is 103 cm³/mol. The standard InChI is InChI=1S/C20H27N5O3/c1-13-7-14(2)22-19(21-13)24-5-6-27-12-20(10-24)8-18(26)25(11-20)9-17-15(3)23-28-16(17)4/h7H,5-6,8-12H2,1-4H3. The van der Waals surface area contributed by atoms with E-state index in [9.17, 15) is 4.79 Å². The second-order valence-corrected chi connectivity index (χ2v) is 8.15. The minimum atomic E-state index is -0.256. The third kappa shape index (κ3) is 3.61. The topological polar surface area (TPSA) is 84.6 Å². The van der Waals surface area contributed by atoms with E-state index in [1.165, 1.54) is 0 Å². The van der Waals surface area contributed by atoms with Gasteiger partial charge >= 0.3 is 0 Å². The Hall–Kier alpha value is -2.48. The van der Waals surface area contributed by atoms with E-state index in [1.807, 2.05) is 38.7 Å². The summed E-state index contributed by atoms with van der Waals surface area (Å²) in [4.78, 5) is 26.1. The summed E-state index contributed by atoms with van der Waals surface area (Å²) in [6.07, 6.45) is 0.470. The lowest BCUT2D eigenvalue weighted by Crippen LogP contribution is -2.41. The second kappa shape index (κ2) is 7.16. The molecule has 8 heteroatoms. The van der Waals surface area contributed by atoms with Crippen LogP contribution in [0.1, 0.15) is 34.8 Å². The second-order valence-electron chi connectivity index (χ2n) is 8.15. The summed E-state index contributed by atoms with van der Waals surface area (Å²) in [5, 5.41) is 4.01. The fourth-order valence-corrected chi connectivity index (χ4v) is 4.26. The minimum absolute atomic E-state index is 0.145. The molecular formula is C20H27N5O3. The van der Waals surface area contributed by atoms with Crippen LogP contribution in [-0.2, 0) is 16.1 Å². The van der Waals surface area contributed by atoms with Gasteiger partial charge in [-0.05, 0) is 33.8 Å². The molecule has 1 amide bonds. The van der Waals surface area contributed by atoms with Gasteiger partial charge in [0.15, 0.2) is 0 Å². The number of carbonyl (C=O) groups excluding carboxylic acids is 1. The molecule has 0 aromatic carbocycles. The number of aryl methyl sites for hydroxylation is 4. The first-order chi connectivity index (χ1) is 13.3. The average molecular weight is 385 g/mol. The summed E-state index contributed by atoms with van der Waals surface area (Å²) in [7, 11) is 0. The fourth-order valence-electron chi connectivity index (χ4n) is 4.26. The van der Waals surface area contributed by atoms with Crippen LogP contribution < -0.4 is 4.90 Å². The molecule has 150 valence electrons. The van der Waals surface area contributed by atoms with Gasteiger partial charge in [0.05, 0.1) is 25.5 Å². The maximum absolute atomic E-state index is 12.8. The molecule has 1 spiro atoms. The van der Waals surface area contributed by atoms with Crippen LogP contribution in [0, 0.1) is 33.1 Å². The molecule has 0 N–H and O–H groups in total. The summed E-state index contributed by atoms with van der Waals surface area (Å²) in [5.74, 6) is 1.64. The number of anilines is 1. The molecule has 28 heavy (non-hydrogen) atoms. The van der Waals surface area contributed by atoms with Crippen LogP contribution in [0.15, 0.2) is 10.6 Å². The van der Waals surface area contributed by atoms with E-state index in [2.05, 4.69) is 20.0 Å². The van der Waals surface area contributed by atoms with Crippen molar-refractivity contribution in [1.82, 2.24) is 20.0 Å². The molecule has 4 rings (SSSR count). The largest absolute Gasteiger partial charge is 0.379 e.